The molecule has 0 unspecified atom stereocenters. The Balaban J connectivity index is 1.51. The molecule has 0 spiro atoms. The summed E-state index contributed by atoms with van der Waals surface area (Å²) in [6.07, 6.45) is 5.78. The van der Waals surface area contributed by atoms with Crippen molar-refractivity contribution in [1.82, 2.24) is 24.4 Å². The minimum absolute atomic E-state index is 0.319. The number of carbonyl (C=O) groups is 1. The number of aryl methyl sites for hydroxylation is 1. The van der Waals surface area contributed by atoms with E-state index in [4.69, 9.17) is 0 Å². The standard InChI is InChI=1S/C27H29F3N8O/c1-16-6-7-18(35-26(39)19-13-20(28)25(30)17(2)24(19)29)12-21(16)36-27-32-9-11-38(27)23-14-22(33-15-34-23)31-8-5-10-37(3)4/h6-7,9,11-15H,5,8,10H2,1-4H3,(H,32,36)(H,35,39)(H,31,33,34). The van der Waals surface area contributed by atoms with Crippen molar-refractivity contribution in [3.63, 3.8) is 0 Å². The Morgan fingerprint density at radius 1 is 1.03 bits per heavy atom. The average molecular weight is 539 g/mol. The Labute approximate surface area is 224 Å². The van der Waals surface area contributed by atoms with E-state index in [2.05, 4.69) is 35.8 Å². The van der Waals surface area contributed by atoms with E-state index in [1.165, 1.54) is 6.33 Å². The molecule has 3 N–H and O–H groups in total. The van der Waals surface area contributed by atoms with E-state index in [0.717, 1.165) is 32.0 Å². The first-order chi connectivity index (χ1) is 18.6. The molecule has 0 aliphatic rings. The molecule has 204 valence electrons. The topological polar surface area (TPSA) is 100 Å². The second-order valence-corrected chi connectivity index (χ2v) is 9.23. The third-order valence-corrected chi connectivity index (χ3v) is 5.99. The molecule has 9 nitrogen and oxygen atoms in total. The Kier molecular flexibility index (Phi) is 8.45. The zero-order chi connectivity index (χ0) is 28.1. The number of aromatic nitrogens is 4. The van der Waals surface area contributed by atoms with Crippen LogP contribution in [0.25, 0.3) is 5.82 Å². The molecule has 0 aliphatic carbocycles. The summed E-state index contributed by atoms with van der Waals surface area (Å²) in [5, 5.41) is 9.05. The Morgan fingerprint density at radius 3 is 2.59 bits per heavy atom. The zero-order valence-corrected chi connectivity index (χ0v) is 22.0. The van der Waals surface area contributed by atoms with Crippen molar-refractivity contribution >= 4 is 29.0 Å². The number of nitrogens with one attached hydrogen (secondary N) is 3. The first-order valence-electron chi connectivity index (χ1n) is 12.2. The molecule has 4 rings (SSSR count). The monoisotopic (exact) mass is 538 g/mol. The van der Waals surface area contributed by atoms with E-state index >= 15 is 0 Å². The highest BCUT2D eigenvalue weighted by Crippen LogP contribution is 2.26. The number of carbonyl (C=O) groups excluding carboxylic acids is 1. The van der Waals surface area contributed by atoms with Gasteiger partial charge in [-0.1, -0.05) is 6.07 Å². The van der Waals surface area contributed by atoms with Crippen LogP contribution < -0.4 is 16.0 Å². The minimum atomic E-state index is -1.32. The van der Waals surface area contributed by atoms with Crippen molar-refractivity contribution < 1.29 is 18.0 Å². The summed E-state index contributed by atoms with van der Waals surface area (Å²) < 4.78 is 43.6. The molecular weight excluding hydrogens is 509 g/mol. The third-order valence-electron chi connectivity index (χ3n) is 5.99. The Bertz CT molecular complexity index is 1490. The molecule has 39 heavy (non-hydrogen) atoms. The highest BCUT2D eigenvalue weighted by Gasteiger charge is 2.21. The van der Waals surface area contributed by atoms with E-state index in [9.17, 15) is 18.0 Å². The number of amides is 1. The summed E-state index contributed by atoms with van der Waals surface area (Å²) in [5.41, 5.74) is 0.614. The molecule has 0 aliphatic heterocycles. The Morgan fingerprint density at radius 2 is 1.82 bits per heavy atom. The molecule has 1 amide bonds. The average Bonchev–Trinajstić information content (AvgIpc) is 3.37. The van der Waals surface area contributed by atoms with Crippen LogP contribution in [0.5, 0.6) is 0 Å². The molecular formula is C27H29F3N8O. The van der Waals surface area contributed by atoms with Gasteiger partial charge in [-0.15, -0.1) is 0 Å². The maximum atomic E-state index is 14.4. The normalized spacial score (nSPS) is 11.1. The Hall–Kier alpha value is -4.45. The van der Waals surface area contributed by atoms with E-state index < -0.39 is 34.5 Å². The number of halogens is 3. The number of anilines is 4. The third kappa shape index (κ3) is 6.52. The highest BCUT2D eigenvalue weighted by molar-refractivity contribution is 6.05. The molecule has 0 fully saturated rings. The van der Waals surface area contributed by atoms with Crippen molar-refractivity contribution in [3.8, 4) is 5.82 Å². The van der Waals surface area contributed by atoms with Gasteiger partial charge < -0.3 is 20.9 Å². The second kappa shape index (κ2) is 11.9. The van der Waals surface area contributed by atoms with Gasteiger partial charge in [-0.2, -0.15) is 0 Å². The number of rotatable bonds is 10. The fourth-order valence-electron chi connectivity index (χ4n) is 3.82. The second-order valence-electron chi connectivity index (χ2n) is 9.23. The maximum Gasteiger partial charge on any atom is 0.258 e. The maximum absolute atomic E-state index is 14.4. The number of hydrogen-bond donors (Lipinski definition) is 3. The summed E-state index contributed by atoms with van der Waals surface area (Å²) in [5.74, 6) is -2.91. The molecule has 0 atom stereocenters. The van der Waals surface area contributed by atoms with E-state index in [1.807, 2.05) is 27.1 Å². The molecule has 4 aromatic rings. The molecule has 0 saturated heterocycles. The first-order valence-corrected chi connectivity index (χ1v) is 12.2. The van der Waals surface area contributed by atoms with Crippen molar-refractivity contribution in [2.75, 3.05) is 43.1 Å². The molecule has 0 saturated carbocycles. The van der Waals surface area contributed by atoms with Crippen LogP contribution in [-0.4, -0.2) is 57.5 Å². The summed E-state index contributed by atoms with van der Waals surface area (Å²) in [6.45, 7) is 4.65. The molecule has 0 bridgehead atoms. The quantitative estimate of drug-likeness (QED) is 0.192. The van der Waals surface area contributed by atoms with Gasteiger partial charge in [0.25, 0.3) is 5.91 Å². The highest BCUT2D eigenvalue weighted by atomic mass is 19.2. The van der Waals surface area contributed by atoms with Crippen molar-refractivity contribution in [3.05, 3.63) is 83.2 Å². The van der Waals surface area contributed by atoms with Crippen molar-refractivity contribution in [2.45, 2.75) is 20.3 Å². The van der Waals surface area contributed by atoms with Crippen LogP contribution in [0.1, 0.15) is 27.9 Å². The van der Waals surface area contributed by atoms with Crippen LogP contribution in [0.4, 0.5) is 36.3 Å². The first kappa shape index (κ1) is 27.6. The molecule has 12 heteroatoms. The molecule has 2 aromatic carbocycles. The van der Waals surface area contributed by atoms with Crippen LogP contribution in [0, 0.1) is 31.3 Å². The lowest BCUT2D eigenvalue weighted by Gasteiger charge is -2.14. The lowest BCUT2D eigenvalue weighted by atomic mass is 10.1. The van der Waals surface area contributed by atoms with Gasteiger partial charge in [-0.3, -0.25) is 9.36 Å². The lowest BCUT2D eigenvalue weighted by Crippen LogP contribution is -2.16. The van der Waals surface area contributed by atoms with Crippen LogP contribution in [0.15, 0.2) is 49.1 Å². The fraction of sp³-hybridized carbons (Fsp3) is 0.259. The fourth-order valence-corrected chi connectivity index (χ4v) is 3.82. The SMILES string of the molecule is Cc1ccc(NC(=O)c2cc(F)c(F)c(C)c2F)cc1Nc1nccn1-c1cc(NCCCN(C)C)ncn1. The van der Waals surface area contributed by atoms with Crippen molar-refractivity contribution in [1.29, 1.82) is 0 Å². The van der Waals surface area contributed by atoms with Gasteiger partial charge in [-0.05, 0) is 64.7 Å². The van der Waals surface area contributed by atoms with Crippen molar-refractivity contribution in [2.24, 2.45) is 0 Å². The van der Waals surface area contributed by atoms with Crippen LogP contribution >= 0.6 is 0 Å². The number of imidazole rings is 1. The van der Waals surface area contributed by atoms with Crippen LogP contribution in [0.2, 0.25) is 0 Å². The number of benzene rings is 2. The van der Waals surface area contributed by atoms with Crippen LogP contribution in [0.3, 0.4) is 0 Å². The summed E-state index contributed by atoms with van der Waals surface area (Å²) in [4.78, 5) is 27.8. The van der Waals surface area contributed by atoms with E-state index in [0.29, 0.717) is 35.0 Å². The summed E-state index contributed by atoms with van der Waals surface area (Å²) in [6, 6.07) is 7.36. The van der Waals surface area contributed by atoms with Gasteiger partial charge in [0.05, 0.1) is 5.56 Å². The smallest absolute Gasteiger partial charge is 0.258 e. The van der Waals surface area contributed by atoms with Gasteiger partial charge in [0.1, 0.15) is 23.8 Å². The zero-order valence-electron chi connectivity index (χ0n) is 22.0. The van der Waals surface area contributed by atoms with Gasteiger partial charge in [0.15, 0.2) is 11.6 Å². The largest absolute Gasteiger partial charge is 0.370 e. The van der Waals surface area contributed by atoms with Gasteiger partial charge in [0, 0.05) is 41.9 Å². The van der Waals surface area contributed by atoms with Gasteiger partial charge >= 0.3 is 0 Å². The lowest BCUT2D eigenvalue weighted by molar-refractivity contribution is 0.102. The molecule has 0 radical (unpaired) electrons. The molecule has 2 aromatic heterocycles. The predicted molar refractivity (Wildman–Crippen MR) is 144 cm³/mol. The van der Waals surface area contributed by atoms with Gasteiger partial charge in [0.2, 0.25) is 5.95 Å². The van der Waals surface area contributed by atoms with E-state index in [1.54, 1.807) is 35.2 Å². The number of hydrogen-bond acceptors (Lipinski definition) is 7. The minimum Gasteiger partial charge on any atom is -0.370 e. The number of nitrogens with zero attached hydrogens (tertiary/aromatic N) is 5. The van der Waals surface area contributed by atoms with Crippen LogP contribution in [-0.2, 0) is 0 Å². The molecule has 2 heterocycles. The summed E-state index contributed by atoms with van der Waals surface area (Å²) >= 11 is 0. The summed E-state index contributed by atoms with van der Waals surface area (Å²) in [7, 11) is 4.05. The van der Waals surface area contributed by atoms with E-state index in [-0.39, 0.29) is 0 Å². The predicted octanol–water partition coefficient (Wildman–Crippen LogP) is 5.06. The van der Waals surface area contributed by atoms with Gasteiger partial charge in [-0.25, -0.2) is 28.1 Å².